The molecule has 0 atom stereocenters. The lowest BCUT2D eigenvalue weighted by Gasteiger charge is -2.32. The highest BCUT2D eigenvalue weighted by Gasteiger charge is 2.35. The van der Waals surface area contributed by atoms with E-state index in [4.69, 9.17) is 5.26 Å². The summed E-state index contributed by atoms with van der Waals surface area (Å²) in [7, 11) is 0. The Hall–Kier alpha value is -3.07. The fourth-order valence-electron chi connectivity index (χ4n) is 3.01. The first-order valence-electron chi connectivity index (χ1n) is 7.88. The zero-order valence-corrected chi connectivity index (χ0v) is 13.7. The van der Waals surface area contributed by atoms with Gasteiger partial charge in [-0.15, -0.1) is 0 Å². The summed E-state index contributed by atoms with van der Waals surface area (Å²) in [6.45, 7) is -0.407. The van der Waals surface area contributed by atoms with Crippen LogP contribution in [0.4, 0.5) is 8.78 Å². The molecule has 0 aliphatic carbocycles. The van der Waals surface area contributed by atoms with Gasteiger partial charge in [-0.3, -0.25) is 0 Å². The number of nitrogens with zero attached hydrogens (tertiary/aromatic N) is 1. The zero-order valence-electron chi connectivity index (χ0n) is 13.7. The van der Waals surface area contributed by atoms with Crippen molar-refractivity contribution in [1.82, 2.24) is 0 Å². The van der Waals surface area contributed by atoms with Crippen LogP contribution in [0.5, 0.6) is 0 Å². The summed E-state index contributed by atoms with van der Waals surface area (Å²) in [6, 6.07) is 17.1. The summed E-state index contributed by atoms with van der Waals surface area (Å²) in [4.78, 5) is 0. The second kappa shape index (κ2) is 7.04. The Bertz CT molecular complexity index is 915. The molecule has 0 fully saturated rings. The monoisotopic (exact) mass is 351 g/mol. The van der Waals surface area contributed by atoms with Gasteiger partial charge in [0.15, 0.2) is 0 Å². The lowest BCUT2D eigenvalue weighted by Crippen LogP contribution is -2.30. The molecule has 3 nitrogen and oxygen atoms in total. The molecule has 3 rings (SSSR count). The van der Waals surface area contributed by atoms with Gasteiger partial charge in [0.2, 0.25) is 0 Å². The predicted molar refractivity (Wildman–Crippen MR) is 92.0 cm³/mol. The molecule has 0 aliphatic heterocycles. The topological polar surface area (TPSA) is 64.2 Å². The highest BCUT2D eigenvalue weighted by Crippen LogP contribution is 2.39. The number of halogens is 2. The second-order valence-electron chi connectivity index (χ2n) is 5.87. The molecular weight excluding hydrogens is 336 g/mol. The molecule has 0 aliphatic rings. The maximum Gasteiger partial charge on any atom is 0.140 e. The normalized spacial score (nSPS) is 11.2. The van der Waals surface area contributed by atoms with Gasteiger partial charge in [0, 0.05) is 0 Å². The van der Waals surface area contributed by atoms with Crippen LogP contribution in [0.25, 0.3) is 0 Å². The van der Waals surface area contributed by atoms with E-state index in [1.165, 1.54) is 66.7 Å². The Morgan fingerprint density at radius 2 is 1.35 bits per heavy atom. The lowest BCUT2D eigenvalue weighted by atomic mass is 9.78. The van der Waals surface area contributed by atoms with Crippen molar-refractivity contribution in [1.29, 1.82) is 5.26 Å². The van der Waals surface area contributed by atoms with Crippen molar-refractivity contribution < 1.29 is 19.0 Å². The number of aliphatic hydroxyl groups excluding tert-OH is 1. The van der Waals surface area contributed by atoms with E-state index in [0.29, 0.717) is 27.8 Å². The van der Waals surface area contributed by atoms with Crippen molar-refractivity contribution in [3.8, 4) is 6.07 Å². The molecule has 0 saturated carbocycles. The van der Waals surface area contributed by atoms with E-state index in [9.17, 15) is 19.0 Å². The van der Waals surface area contributed by atoms with Crippen LogP contribution < -0.4 is 0 Å². The highest BCUT2D eigenvalue weighted by molar-refractivity contribution is 5.52. The molecule has 0 spiro atoms. The zero-order chi connectivity index (χ0) is 18.7. The first kappa shape index (κ1) is 17.7. The largest absolute Gasteiger partial charge is 0.392 e. The molecule has 2 N–H and O–H groups in total. The van der Waals surface area contributed by atoms with Crippen LogP contribution in [-0.4, -0.2) is 10.2 Å². The summed E-state index contributed by atoms with van der Waals surface area (Å²) in [5.74, 6) is -0.921. The minimum Gasteiger partial charge on any atom is -0.392 e. The van der Waals surface area contributed by atoms with Crippen LogP contribution in [0.3, 0.4) is 0 Å². The quantitative estimate of drug-likeness (QED) is 0.706. The Labute approximate surface area is 149 Å². The fraction of sp³-hybridized carbons (Fsp3) is 0.0952. The van der Waals surface area contributed by atoms with Crippen molar-refractivity contribution in [2.24, 2.45) is 0 Å². The molecule has 5 heteroatoms. The van der Waals surface area contributed by atoms with Gasteiger partial charge < -0.3 is 10.2 Å². The number of aliphatic hydroxyl groups is 2. The molecule has 130 valence electrons. The minimum absolute atomic E-state index is 0.331. The minimum atomic E-state index is -1.76. The van der Waals surface area contributed by atoms with Gasteiger partial charge in [-0.1, -0.05) is 30.3 Å². The molecule has 0 radical (unpaired) electrons. The molecule has 0 heterocycles. The van der Waals surface area contributed by atoms with Gasteiger partial charge in [-0.2, -0.15) is 5.26 Å². The molecule has 0 unspecified atom stereocenters. The average Bonchev–Trinajstić information content (AvgIpc) is 2.68. The van der Waals surface area contributed by atoms with E-state index in [-0.39, 0.29) is 0 Å². The Morgan fingerprint density at radius 1 is 0.846 bits per heavy atom. The van der Waals surface area contributed by atoms with E-state index in [2.05, 4.69) is 0 Å². The van der Waals surface area contributed by atoms with E-state index >= 15 is 0 Å². The average molecular weight is 351 g/mol. The maximum atomic E-state index is 13.4. The number of hydrogen-bond acceptors (Lipinski definition) is 3. The summed E-state index contributed by atoms with van der Waals surface area (Å²) >= 11 is 0. The van der Waals surface area contributed by atoms with Gasteiger partial charge in [0.25, 0.3) is 0 Å². The molecule has 0 saturated heterocycles. The highest BCUT2D eigenvalue weighted by atomic mass is 19.1. The third-order valence-electron chi connectivity index (χ3n) is 4.32. The summed E-state index contributed by atoms with van der Waals surface area (Å²) in [5, 5.41) is 30.5. The van der Waals surface area contributed by atoms with Crippen molar-refractivity contribution in [3.63, 3.8) is 0 Å². The van der Waals surface area contributed by atoms with Crippen molar-refractivity contribution >= 4 is 0 Å². The predicted octanol–water partition coefficient (Wildman–Crippen LogP) is 3.61. The summed E-state index contributed by atoms with van der Waals surface area (Å²) in [6.07, 6.45) is 0. The number of hydrogen-bond donors (Lipinski definition) is 2. The van der Waals surface area contributed by atoms with Gasteiger partial charge in [0.1, 0.15) is 17.2 Å². The Balaban J connectivity index is 2.30. The van der Waals surface area contributed by atoms with Crippen LogP contribution in [0.15, 0.2) is 66.7 Å². The SMILES string of the molecule is N#Cc1ccc(C(O)(c2ccc(F)cc2)c2ccc(F)cc2)c(CO)c1. The standard InChI is InChI=1S/C21H15F2NO2/c22-18-6-2-16(3-7-18)21(26,17-4-8-19(23)9-5-17)20-10-1-14(12-24)11-15(20)13-25/h1-11,25-26H,13H2. The van der Waals surface area contributed by atoms with Crippen LogP contribution >= 0.6 is 0 Å². The van der Waals surface area contributed by atoms with Gasteiger partial charge >= 0.3 is 0 Å². The fourth-order valence-corrected chi connectivity index (χ4v) is 3.01. The molecule has 0 aromatic heterocycles. The van der Waals surface area contributed by atoms with Gasteiger partial charge in [-0.05, 0) is 58.7 Å². The molecule has 3 aromatic rings. The number of benzene rings is 3. The molecular formula is C21H15F2NO2. The number of rotatable bonds is 4. The molecule has 3 aromatic carbocycles. The smallest absolute Gasteiger partial charge is 0.140 e. The Morgan fingerprint density at radius 3 is 1.77 bits per heavy atom. The third kappa shape index (κ3) is 3.08. The van der Waals surface area contributed by atoms with Crippen molar-refractivity contribution in [3.05, 3.63) is 106 Å². The van der Waals surface area contributed by atoms with Crippen LogP contribution in [0, 0.1) is 23.0 Å². The second-order valence-corrected chi connectivity index (χ2v) is 5.87. The van der Waals surface area contributed by atoms with Crippen LogP contribution in [0.1, 0.15) is 27.8 Å². The third-order valence-corrected chi connectivity index (χ3v) is 4.32. The van der Waals surface area contributed by atoms with Crippen molar-refractivity contribution in [2.45, 2.75) is 12.2 Å². The maximum absolute atomic E-state index is 13.4. The lowest BCUT2D eigenvalue weighted by molar-refractivity contribution is 0.122. The van der Waals surface area contributed by atoms with E-state index in [1.54, 1.807) is 0 Å². The van der Waals surface area contributed by atoms with E-state index in [1.807, 2.05) is 6.07 Å². The molecule has 0 bridgehead atoms. The molecule has 26 heavy (non-hydrogen) atoms. The van der Waals surface area contributed by atoms with Gasteiger partial charge in [0.05, 0.1) is 18.2 Å². The number of nitriles is 1. The van der Waals surface area contributed by atoms with E-state index < -0.39 is 23.8 Å². The van der Waals surface area contributed by atoms with E-state index in [0.717, 1.165) is 0 Å². The summed E-state index contributed by atoms with van der Waals surface area (Å²) < 4.78 is 26.7. The Kier molecular flexibility index (Phi) is 4.81. The van der Waals surface area contributed by atoms with Crippen LogP contribution in [0.2, 0.25) is 0 Å². The summed E-state index contributed by atoms with van der Waals surface area (Å²) in [5.41, 5.74) is -0.0430. The van der Waals surface area contributed by atoms with Crippen molar-refractivity contribution in [2.75, 3.05) is 0 Å². The first-order valence-corrected chi connectivity index (χ1v) is 7.88. The first-order chi connectivity index (χ1) is 12.5. The molecule has 0 amide bonds. The van der Waals surface area contributed by atoms with Crippen LogP contribution in [-0.2, 0) is 12.2 Å². The van der Waals surface area contributed by atoms with Gasteiger partial charge in [-0.25, -0.2) is 8.78 Å².